The number of rotatable bonds is 4. The largest absolute Gasteiger partial charge is 0.399 e. The Morgan fingerprint density at radius 3 is 2.35 bits per heavy atom. The van der Waals surface area contributed by atoms with Gasteiger partial charge in [-0.25, -0.2) is 13.1 Å². The van der Waals surface area contributed by atoms with E-state index in [4.69, 9.17) is 5.73 Å². The smallest absolute Gasteiger partial charge is 0.243 e. The van der Waals surface area contributed by atoms with Crippen LogP contribution in [0.5, 0.6) is 0 Å². The van der Waals surface area contributed by atoms with Crippen molar-refractivity contribution in [3.05, 3.63) is 43.5 Å². The van der Waals surface area contributed by atoms with Crippen molar-refractivity contribution in [2.24, 2.45) is 0 Å². The van der Waals surface area contributed by atoms with Crippen molar-refractivity contribution in [1.29, 1.82) is 0 Å². The lowest BCUT2D eigenvalue weighted by atomic mass is 10.1. The molecule has 0 radical (unpaired) electrons. The lowest BCUT2D eigenvalue weighted by molar-refractivity contribution is 0.567. The van der Waals surface area contributed by atoms with E-state index < -0.39 is 10.0 Å². The van der Waals surface area contributed by atoms with Gasteiger partial charge in [-0.05, 0) is 62.5 Å². The quantitative estimate of drug-likeness (QED) is 0.709. The summed E-state index contributed by atoms with van der Waals surface area (Å²) in [5.74, 6) is 0. The average molecular weight is 440 g/mol. The minimum atomic E-state index is -3.58. The zero-order chi connectivity index (χ0) is 14.9. The monoisotopic (exact) mass is 438 g/mol. The molecule has 4 nitrogen and oxygen atoms in total. The predicted octanol–water partition coefficient (Wildman–Crippen LogP) is 3.89. The molecule has 0 saturated carbocycles. The number of nitrogens with two attached hydrogens (primary N) is 1. The summed E-state index contributed by atoms with van der Waals surface area (Å²) in [6, 6.07) is 8.34. The van der Waals surface area contributed by atoms with E-state index in [0.717, 1.165) is 9.35 Å². The number of sulfonamides is 1. The van der Waals surface area contributed by atoms with Crippen LogP contribution in [0.3, 0.4) is 0 Å². The first kappa shape index (κ1) is 16.0. The number of hydrogen-bond donors (Lipinski definition) is 2. The van der Waals surface area contributed by atoms with E-state index in [1.54, 1.807) is 37.3 Å². The second-order valence-corrected chi connectivity index (χ2v) is 9.63. The Morgan fingerprint density at radius 1 is 1.25 bits per heavy atom. The number of nitrogens with one attached hydrogen (secondary N) is 1. The molecule has 1 aromatic heterocycles. The number of benzene rings is 1. The maximum absolute atomic E-state index is 12.3. The molecule has 0 aliphatic heterocycles. The van der Waals surface area contributed by atoms with E-state index in [2.05, 4.69) is 36.6 Å². The van der Waals surface area contributed by atoms with Crippen LogP contribution in [-0.4, -0.2) is 8.42 Å². The number of halogens is 2. The van der Waals surface area contributed by atoms with Gasteiger partial charge in [0.05, 0.1) is 7.57 Å². The van der Waals surface area contributed by atoms with Crippen LogP contribution in [0.15, 0.2) is 42.8 Å². The highest BCUT2D eigenvalue weighted by atomic mass is 79.9. The third-order valence-electron chi connectivity index (χ3n) is 2.68. The molecule has 1 aromatic carbocycles. The molecule has 0 aliphatic rings. The van der Waals surface area contributed by atoms with E-state index in [1.807, 2.05) is 0 Å². The van der Waals surface area contributed by atoms with Crippen LogP contribution < -0.4 is 10.5 Å². The summed E-state index contributed by atoms with van der Waals surface area (Å²) < 4.78 is 28.6. The molecule has 0 bridgehead atoms. The SMILES string of the molecule is CC(NS(=O)(=O)c1cc(Br)sc1Br)c1ccc(N)cc1. The van der Waals surface area contributed by atoms with Crippen LogP contribution in [0, 0.1) is 0 Å². The molecule has 20 heavy (non-hydrogen) atoms. The number of nitrogen functional groups attached to an aromatic ring is 1. The summed E-state index contributed by atoms with van der Waals surface area (Å²) in [4.78, 5) is 0.233. The van der Waals surface area contributed by atoms with E-state index in [1.165, 1.54) is 11.3 Å². The van der Waals surface area contributed by atoms with Crippen LogP contribution in [0.1, 0.15) is 18.5 Å². The molecule has 0 spiro atoms. The van der Waals surface area contributed by atoms with Crippen LogP contribution in [0.25, 0.3) is 0 Å². The van der Waals surface area contributed by atoms with Crippen LogP contribution >= 0.6 is 43.2 Å². The van der Waals surface area contributed by atoms with Crippen LogP contribution in [-0.2, 0) is 10.0 Å². The maximum atomic E-state index is 12.3. The summed E-state index contributed by atoms with van der Waals surface area (Å²) in [6.45, 7) is 1.79. The Balaban J connectivity index is 2.24. The average Bonchev–Trinajstić information content (AvgIpc) is 2.69. The van der Waals surface area contributed by atoms with Crippen molar-refractivity contribution >= 4 is 58.9 Å². The molecular formula is C12H12Br2N2O2S2. The number of anilines is 1. The molecule has 2 rings (SSSR count). The van der Waals surface area contributed by atoms with E-state index in [0.29, 0.717) is 9.47 Å². The number of hydrogen-bond acceptors (Lipinski definition) is 4. The van der Waals surface area contributed by atoms with Crippen molar-refractivity contribution in [3.63, 3.8) is 0 Å². The molecule has 8 heteroatoms. The Kier molecular flexibility index (Phi) is 4.91. The van der Waals surface area contributed by atoms with E-state index >= 15 is 0 Å². The minimum Gasteiger partial charge on any atom is -0.399 e. The second kappa shape index (κ2) is 6.15. The normalized spacial score (nSPS) is 13.3. The molecule has 1 atom stereocenters. The first-order valence-electron chi connectivity index (χ1n) is 5.62. The molecule has 0 saturated heterocycles. The molecule has 0 aliphatic carbocycles. The summed E-state index contributed by atoms with van der Waals surface area (Å²) >= 11 is 7.86. The lowest BCUT2D eigenvalue weighted by Crippen LogP contribution is -2.26. The van der Waals surface area contributed by atoms with Gasteiger partial charge in [0.15, 0.2) is 0 Å². The van der Waals surface area contributed by atoms with E-state index in [9.17, 15) is 8.42 Å². The van der Waals surface area contributed by atoms with Gasteiger partial charge in [-0.3, -0.25) is 0 Å². The molecule has 3 N–H and O–H groups in total. The van der Waals surface area contributed by atoms with Gasteiger partial charge in [0.25, 0.3) is 0 Å². The van der Waals surface area contributed by atoms with Crippen molar-refractivity contribution in [1.82, 2.24) is 4.72 Å². The van der Waals surface area contributed by atoms with Gasteiger partial charge in [0.2, 0.25) is 10.0 Å². The van der Waals surface area contributed by atoms with Gasteiger partial charge in [-0.2, -0.15) is 0 Å². The van der Waals surface area contributed by atoms with Crippen LogP contribution in [0.4, 0.5) is 5.69 Å². The van der Waals surface area contributed by atoms with Crippen molar-refractivity contribution in [3.8, 4) is 0 Å². The topological polar surface area (TPSA) is 72.2 Å². The summed E-state index contributed by atoms with van der Waals surface area (Å²) in [7, 11) is -3.58. The maximum Gasteiger partial charge on any atom is 0.243 e. The second-order valence-electron chi connectivity index (χ2n) is 4.20. The molecule has 1 unspecified atom stereocenters. The van der Waals surface area contributed by atoms with Crippen molar-refractivity contribution in [2.75, 3.05) is 5.73 Å². The summed E-state index contributed by atoms with van der Waals surface area (Å²) in [5, 5.41) is 0. The molecule has 1 heterocycles. The van der Waals surface area contributed by atoms with E-state index in [-0.39, 0.29) is 10.9 Å². The molecule has 108 valence electrons. The third-order valence-corrected chi connectivity index (χ3v) is 6.98. The van der Waals surface area contributed by atoms with Crippen molar-refractivity contribution < 1.29 is 8.42 Å². The Bertz CT molecular complexity index is 712. The molecular weight excluding hydrogens is 428 g/mol. The van der Waals surface area contributed by atoms with Gasteiger partial charge >= 0.3 is 0 Å². The Hall–Kier alpha value is -0.410. The lowest BCUT2D eigenvalue weighted by Gasteiger charge is -2.14. The van der Waals surface area contributed by atoms with Crippen molar-refractivity contribution in [2.45, 2.75) is 17.9 Å². The fraction of sp³-hybridized carbons (Fsp3) is 0.167. The zero-order valence-electron chi connectivity index (χ0n) is 10.4. The summed E-state index contributed by atoms with van der Waals surface area (Å²) in [5.41, 5.74) is 7.12. The van der Waals surface area contributed by atoms with Gasteiger partial charge in [0.1, 0.15) is 4.90 Å². The summed E-state index contributed by atoms with van der Waals surface area (Å²) in [6.07, 6.45) is 0. The van der Waals surface area contributed by atoms with Gasteiger partial charge in [-0.1, -0.05) is 12.1 Å². The standard InChI is InChI=1S/C12H12Br2N2O2S2/c1-7(8-2-4-9(15)5-3-8)16-20(17,18)10-6-11(13)19-12(10)14/h2-7,16H,15H2,1H3. The fourth-order valence-electron chi connectivity index (χ4n) is 1.66. The highest BCUT2D eigenvalue weighted by Gasteiger charge is 2.23. The Morgan fingerprint density at radius 2 is 1.85 bits per heavy atom. The van der Waals surface area contributed by atoms with Gasteiger partial charge < -0.3 is 5.73 Å². The zero-order valence-corrected chi connectivity index (χ0v) is 15.2. The Labute approximate surface area is 138 Å². The third kappa shape index (κ3) is 3.62. The predicted molar refractivity (Wildman–Crippen MR) is 89.3 cm³/mol. The molecule has 2 aromatic rings. The highest BCUT2D eigenvalue weighted by molar-refractivity contribution is 9.12. The minimum absolute atomic E-state index is 0.233. The fourth-order valence-corrected chi connectivity index (χ4v) is 6.70. The van der Waals surface area contributed by atoms with Gasteiger partial charge in [0, 0.05) is 11.7 Å². The molecule has 0 amide bonds. The first-order chi connectivity index (χ1) is 9.29. The highest BCUT2D eigenvalue weighted by Crippen LogP contribution is 2.35. The molecule has 0 fully saturated rings. The number of thiophene rings is 1. The first-order valence-corrected chi connectivity index (χ1v) is 9.51. The van der Waals surface area contributed by atoms with Gasteiger partial charge in [-0.15, -0.1) is 11.3 Å². The van der Waals surface area contributed by atoms with Crippen LogP contribution in [0.2, 0.25) is 0 Å².